The zero-order chi connectivity index (χ0) is 20.6. The summed E-state index contributed by atoms with van der Waals surface area (Å²) in [5.41, 5.74) is 2.05. The summed E-state index contributed by atoms with van der Waals surface area (Å²) in [6.07, 6.45) is 3.73. The molecular formula is C21H26N6O2. The fraction of sp³-hybridized carbons (Fsp3) is 0.429. The van der Waals surface area contributed by atoms with Gasteiger partial charge >= 0.3 is 0 Å². The number of benzene rings is 1. The fourth-order valence-electron chi connectivity index (χ4n) is 3.80. The van der Waals surface area contributed by atoms with E-state index in [-0.39, 0.29) is 35.6 Å². The number of anilines is 1. The van der Waals surface area contributed by atoms with Crippen LogP contribution in [0.1, 0.15) is 38.6 Å². The van der Waals surface area contributed by atoms with E-state index in [1.54, 1.807) is 4.90 Å². The van der Waals surface area contributed by atoms with Crippen LogP contribution in [-0.2, 0) is 22.4 Å². The lowest BCUT2D eigenvalue weighted by atomic mass is 10.1. The van der Waals surface area contributed by atoms with Gasteiger partial charge in [-0.3, -0.25) is 20.0 Å². The van der Waals surface area contributed by atoms with Crippen LogP contribution in [0.3, 0.4) is 0 Å². The third-order valence-corrected chi connectivity index (χ3v) is 5.38. The topological polar surface area (TPSA) is 107 Å². The van der Waals surface area contributed by atoms with Gasteiger partial charge in [-0.25, -0.2) is 0 Å². The molecule has 3 aromatic rings. The highest BCUT2D eigenvalue weighted by Crippen LogP contribution is 2.26. The summed E-state index contributed by atoms with van der Waals surface area (Å²) in [5, 5.41) is 10.9. The summed E-state index contributed by atoms with van der Waals surface area (Å²) in [4.78, 5) is 34.1. The number of fused-ring (bicyclic) bond motifs is 1. The molecule has 0 aliphatic carbocycles. The van der Waals surface area contributed by atoms with Gasteiger partial charge < -0.3 is 9.88 Å². The van der Waals surface area contributed by atoms with Gasteiger partial charge in [-0.05, 0) is 38.8 Å². The number of aromatic amines is 2. The quantitative estimate of drug-likeness (QED) is 0.618. The first-order valence-corrected chi connectivity index (χ1v) is 9.89. The van der Waals surface area contributed by atoms with Crippen molar-refractivity contribution in [2.24, 2.45) is 5.92 Å². The molecule has 0 unspecified atom stereocenters. The van der Waals surface area contributed by atoms with Crippen molar-refractivity contribution in [3.63, 3.8) is 0 Å². The maximum Gasteiger partial charge on any atom is 0.248 e. The average Bonchev–Trinajstić information content (AvgIpc) is 3.38. The minimum absolute atomic E-state index is 0.00653. The molecule has 0 spiro atoms. The molecule has 1 aromatic carbocycles. The number of aryl methyl sites for hydroxylation is 2. The Morgan fingerprint density at radius 1 is 1.28 bits per heavy atom. The first-order valence-electron chi connectivity index (χ1n) is 9.89. The number of amides is 2. The smallest absolute Gasteiger partial charge is 0.248 e. The predicted molar refractivity (Wildman–Crippen MR) is 110 cm³/mol. The molecule has 8 heteroatoms. The Hall–Kier alpha value is -3.16. The molecule has 0 radical (unpaired) electrons. The molecule has 29 heavy (non-hydrogen) atoms. The molecule has 8 nitrogen and oxygen atoms in total. The Labute approximate surface area is 169 Å². The molecule has 0 saturated carbocycles. The van der Waals surface area contributed by atoms with E-state index < -0.39 is 0 Å². The number of H-pyrrole nitrogens is 2. The van der Waals surface area contributed by atoms with Gasteiger partial charge in [-0.15, -0.1) is 5.10 Å². The Balaban J connectivity index is 1.35. The predicted octanol–water partition coefficient (Wildman–Crippen LogP) is 2.66. The lowest BCUT2D eigenvalue weighted by molar-refractivity contribution is -0.131. The van der Waals surface area contributed by atoms with Crippen molar-refractivity contribution < 1.29 is 9.59 Å². The van der Waals surface area contributed by atoms with Crippen LogP contribution in [0.15, 0.2) is 30.5 Å². The summed E-state index contributed by atoms with van der Waals surface area (Å²) in [6, 6.07) is 8.18. The minimum atomic E-state index is -0.380. The maximum atomic E-state index is 12.5. The van der Waals surface area contributed by atoms with Crippen molar-refractivity contribution in [3.8, 4) is 0 Å². The van der Waals surface area contributed by atoms with Gasteiger partial charge in [0.2, 0.25) is 17.8 Å². The van der Waals surface area contributed by atoms with Gasteiger partial charge in [0.15, 0.2) is 0 Å². The van der Waals surface area contributed by atoms with Crippen molar-refractivity contribution in [1.82, 2.24) is 25.1 Å². The van der Waals surface area contributed by atoms with Crippen LogP contribution < -0.4 is 5.32 Å². The van der Waals surface area contributed by atoms with Crippen LogP contribution >= 0.6 is 0 Å². The van der Waals surface area contributed by atoms with E-state index in [2.05, 4.69) is 37.6 Å². The minimum Gasteiger partial charge on any atom is -0.361 e. The summed E-state index contributed by atoms with van der Waals surface area (Å²) in [7, 11) is 0. The highest BCUT2D eigenvalue weighted by atomic mass is 16.2. The Kier molecular flexibility index (Phi) is 4.86. The average molecular weight is 394 g/mol. The molecule has 1 aliphatic rings. The van der Waals surface area contributed by atoms with Crippen molar-refractivity contribution in [1.29, 1.82) is 0 Å². The number of nitrogens with one attached hydrogen (secondary N) is 3. The highest BCUT2D eigenvalue weighted by Gasteiger charge is 2.39. The molecule has 1 fully saturated rings. The SMILES string of the molecule is CC(C)(C)N1C[C@H](C(=O)Nc2n[nH]c(CCc3c[nH]c4ccccc34)n2)CC1=O. The second-order valence-electron chi connectivity index (χ2n) is 8.53. The molecule has 2 amide bonds. The standard InChI is InChI=1S/C21H26N6O2/c1-21(2,3)27-12-14(10-18(27)28)19(29)24-20-23-17(25-26-20)9-8-13-11-22-16-7-5-4-6-15(13)16/h4-7,11,14,22H,8-10,12H2,1-3H3,(H2,23,24,25,26,29)/t14-/m1/s1. The zero-order valence-electron chi connectivity index (χ0n) is 17.0. The van der Waals surface area contributed by atoms with Crippen LogP contribution in [0.5, 0.6) is 0 Å². The van der Waals surface area contributed by atoms with Crippen molar-refractivity contribution >= 4 is 28.7 Å². The summed E-state index contributed by atoms with van der Waals surface area (Å²) >= 11 is 0. The van der Waals surface area contributed by atoms with E-state index in [0.717, 1.165) is 11.9 Å². The first kappa shape index (κ1) is 19.2. The second kappa shape index (κ2) is 7.35. The number of nitrogens with zero attached hydrogens (tertiary/aromatic N) is 3. The van der Waals surface area contributed by atoms with Crippen LogP contribution in [0.2, 0.25) is 0 Å². The van der Waals surface area contributed by atoms with Crippen LogP contribution in [-0.4, -0.2) is 49.0 Å². The van der Waals surface area contributed by atoms with E-state index in [4.69, 9.17) is 0 Å². The number of para-hydroxylation sites is 1. The number of rotatable bonds is 5. The Bertz CT molecular complexity index is 1040. The third kappa shape index (κ3) is 4.01. The maximum absolute atomic E-state index is 12.5. The number of likely N-dealkylation sites (tertiary alicyclic amines) is 1. The van der Waals surface area contributed by atoms with E-state index in [1.807, 2.05) is 39.1 Å². The van der Waals surface area contributed by atoms with Crippen molar-refractivity contribution in [2.45, 2.75) is 45.6 Å². The summed E-state index contributed by atoms with van der Waals surface area (Å²) < 4.78 is 0. The van der Waals surface area contributed by atoms with Crippen molar-refractivity contribution in [3.05, 3.63) is 41.9 Å². The Morgan fingerprint density at radius 3 is 2.83 bits per heavy atom. The first-order chi connectivity index (χ1) is 13.8. The van der Waals surface area contributed by atoms with Gasteiger partial charge in [-0.1, -0.05) is 18.2 Å². The second-order valence-corrected chi connectivity index (χ2v) is 8.53. The molecule has 3 heterocycles. The summed E-state index contributed by atoms with van der Waals surface area (Å²) in [5.74, 6) is 0.379. The number of hydrogen-bond donors (Lipinski definition) is 3. The van der Waals surface area contributed by atoms with E-state index in [0.29, 0.717) is 18.8 Å². The van der Waals surface area contributed by atoms with E-state index in [1.165, 1.54) is 10.9 Å². The van der Waals surface area contributed by atoms with Gasteiger partial charge in [0, 0.05) is 42.0 Å². The lowest BCUT2D eigenvalue weighted by Crippen LogP contribution is -2.42. The molecule has 1 saturated heterocycles. The molecule has 3 N–H and O–H groups in total. The van der Waals surface area contributed by atoms with E-state index >= 15 is 0 Å². The van der Waals surface area contributed by atoms with Crippen LogP contribution in [0.25, 0.3) is 10.9 Å². The Morgan fingerprint density at radius 2 is 2.07 bits per heavy atom. The molecule has 1 aliphatic heterocycles. The molecule has 4 rings (SSSR count). The van der Waals surface area contributed by atoms with Gasteiger partial charge in [0.1, 0.15) is 5.82 Å². The largest absolute Gasteiger partial charge is 0.361 e. The molecule has 0 bridgehead atoms. The summed E-state index contributed by atoms with van der Waals surface area (Å²) in [6.45, 7) is 6.34. The molecule has 1 atom stereocenters. The van der Waals surface area contributed by atoms with Gasteiger partial charge in [0.25, 0.3) is 0 Å². The third-order valence-electron chi connectivity index (χ3n) is 5.38. The monoisotopic (exact) mass is 394 g/mol. The number of carbonyl (C=O) groups is 2. The molecular weight excluding hydrogens is 368 g/mol. The number of aromatic nitrogens is 4. The molecule has 2 aromatic heterocycles. The lowest BCUT2D eigenvalue weighted by Gasteiger charge is -2.31. The van der Waals surface area contributed by atoms with E-state index in [9.17, 15) is 9.59 Å². The zero-order valence-corrected chi connectivity index (χ0v) is 17.0. The van der Waals surface area contributed by atoms with Crippen LogP contribution in [0.4, 0.5) is 5.95 Å². The highest BCUT2D eigenvalue weighted by molar-refractivity contribution is 5.96. The van der Waals surface area contributed by atoms with Gasteiger partial charge in [0.05, 0.1) is 5.92 Å². The van der Waals surface area contributed by atoms with Crippen molar-refractivity contribution in [2.75, 3.05) is 11.9 Å². The molecule has 152 valence electrons. The normalized spacial score (nSPS) is 17.3. The number of carbonyl (C=O) groups excluding carboxylic acids is 2. The fourth-order valence-corrected chi connectivity index (χ4v) is 3.80. The number of hydrogen-bond acceptors (Lipinski definition) is 4. The van der Waals surface area contributed by atoms with Crippen LogP contribution in [0, 0.1) is 5.92 Å². The van der Waals surface area contributed by atoms with Gasteiger partial charge in [-0.2, -0.15) is 4.98 Å².